The number of hydrogen-bond donors (Lipinski definition) is 0. The van der Waals surface area contributed by atoms with Crippen molar-refractivity contribution in [2.45, 2.75) is 50.5 Å². The molecule has 3 aromatic carbocycles. The minimum Gasteiger partial charge on any atom is -0.338 e. The Balaban J connectivity index is 1.18. The van der Waals surface area contributed by atoms with Crippen molar-refractivity contribution < 1.29 is 4.39 Å². The molecule has 0 bridgehead atoms. The molecule has 3 unspecified atom stereocenters. The van der Waals surface area contributed by atoms with Crippen LogP contribution in [0.25, 0.3) is 25.7 Å². The highest BCUT2D eigenvalue weighted by Crippen LogP contribution is 2.54. The van der Waals surface area contributed by atoms with Gasteiger partial charge in [-0.3, -0.25) is 0 Å². The average Bonchev–Trinajstić information content (AvgIpc) is 3.51. The van der Waals surface area contributed by atoms with Crippen molar-refractivity contribution in [1.29, 1.82) is 0 Å². The van der Waals surface area contributed by atoms with Crippen molar-refractivity contribution in [1.82, 2.24) is 4.90 Å². The number of rotatable bonds is 4. The van der Waals surface area contributed by atoms with Crippen LogP contribution in [0.1, 0.15) is 55.7 Å². The van der Waals surface area contributed by atoms with Gasteiger partial charge in [0.15, 0.2) is 0 Å². The van der Waals surface area contributed by atoms with Gasteiger partial charge < -0.3 is 4.90 Å². The van der Waals surface area contributed by atoms with Gasteiger partial charge in [0, 0.05) is 37.5 Å². The molecule has 1 nitrogen and oxygen atoms in total. The van der Waals surface area contributed by atoms with Crippen molar-refractivity contribution in [3.05, 3.63) is 149 Å². The molecule has 0 N–H and O–H groups in total. The predicted octanol–water partition coefficient (Wildman–Crippen LogP) is 10.7. The Morgan fingerprint density at radius 1 is 0.857 bits per heavy atom. The summed E-state index contributed by atoms with van der Waals surface area (Å²) in [4.78, 5) is 2.48. The molecule has 1 heterocycles. The summed E-state index contributed by atoms with van der Waals surface area (Å²) in [5, 5.41) is 2.69. The van der Waals surface area contributed by atoms with Gasteiger partial charge in [-0.05, 0) is 83.2 Å². The summed E-state index contributed by atoms with van der Waals surface area (Å²) in [6.07, 6.45) is 19.9. The second kappa shape index (κ2) is 9.81. The number of halogens is 1. The number of hydrogen-bond acceptors (Lipinski definition) is 2. The van der Waals surface area contributed by atoms with Crippen LogP contribution in [0.4, 0.5) is 4.39 Å². The molecule has 1 aromatic heterocycles. The summed E-state index contributed by atoms with van der Waals surface area (Å²) in [5.74, 6) is 0.649. The van der Waals surface area contributed by atoms with Crippen LogP contribution < -0.4 is 0 Å². The third-order valence-corrected chi connectivity index (χ3v) is 11.1. The van der Waals surface area contributed by atoms with Crippen LogP contribution in [0.15, 0.2) is 133 Å². The second-order valence-corrected chi connectivity index (χ2v) is 13.6. The first-order chi connectivity index (χ1) is 20.5. The Labute approximate surface area is 251 Å². The molecule has 4 aliphatic rings. The molecule has 0 radical (unpaired) electrons. The quantitative estimate of drug-likeness (QED) is 0.237. The summed E-state index contributed by atoms with van der Waals surface area (Å²) < 4.78 is 16.8. The van der Waals surface area contributed by atoms with Gasteiger partial charge >= 0.3 is 0 Å². The zero-order valence-corrected chi connectivity index (χ0v) is 24.9. The number of allylic oxidation sites excluding steroid dienone is 9. The van der Waals surface area contributed by atoms with E-state index in [2.05, 4.69) is 116 Å². The van der Waals surface area contributed by atoms with Crippen LogP contribution in [0.5, 0.6) is 0 Å². The molecule has 4 aliphatic carbocycles. The minimum atomic E-state index is -0.136. The lowest BCUT2D eigenvalue weighted by atomic mass is 9.74. The van der Waals surface area contributed by atoms with Gasteiger partial charge in [-0.25, -0.2) is 4.39 Å². The zero-order chi connectivity index (χ0) is 28.4. The first kappa shape index (κ1) is 25.7. The van der Waals surface area contributed by atoms with Gasteiger partial charge in [0.25, 0.3) is 0 Å². The summed E-state index contributed by atoms with van der Waals surface area (Å²) in [6, 6.07) is 24.5. The topological polar surface area (TPSA) is 3.24 Å². The monoisotopic (exact) mass is 567 g/mol. The number of benzene rings is 3. The Bertz CT molecular complexity index is 1930. The molecular weight excluding hydrogens is 534 g/mol. The SMILES string of the molecule is CC1(C)c2ccccc2C2C=CC(N(C3=CC=C(c4cccc5c4sc4ccccc45)CC3)C3C=CC(F)=CC3)=CC21. The highest BCUT2D eigenvalue weighted by Gasteiger charge is 2.45. The molecule has 3 atom stereocenters. The van der Waals surface area contributed by atoms with Gasteiger partial charge in [0.2, 0.25) is 0 Å². The molecule has 0 saturated heterocycles. The molecule has 8 rings (SSSR count). The predicted molar refractivity (Wildman–Crippen MR) is 176 cm³/mol. The smallest absolute Gasteiger partial charge is 0.119 e. The minimum absolute atomic E-state index is 0.0499. The van der Waals surface area contributed by atoms with E-state index < -0.39 is 0 Å². The summed E-state index contributed by atoms with van der Waals surface area (Å²) in [5.41, 5.74) is 8.23. The fourth-order valence-corrected chi connectivity index (χ4v) is 8.98. The van der Waals surface area contributed by atoms with E-state index in [0.29, 0.717) is 18.3 Å². The molecule has 0 saturated carbocycles. The average molecular weight is 568 g/mol. The van der Waals surface area contributed by atoms with E-state index in [-0.39, 0.29) is 17.3 Å². The molecule has 0 spiro atoms. The van der Waals surface area contributed by atoms with E-state index in [0.717, 1.165) is 12.8 Å². The highest BCUT2D eigenvalue weighted by atomic mass is 32.1. The van der Waals surface area contributed by atoms with E-state index in [1.807, 2.05) is 17.4 Å². The normalized spacial score (nSPS) is 24.1. The van der Waals surface area contributed by atoms with Crippen LogP contribution in [0, 0.1) is 5.92 Å². The number of fused-ring (bicyclic) bond motifs is 6. The van der Waals surface area contributed by atoms with Gasteiger partial charge in [0.1, 0.15) is 5.83 Å². The lowest BCUT2D eigenvalue weighted by Gasteiger charge is -2.40. The Morgan fingerprint density at radius 2 is 1.69 bits per heavy atom. The summed E-state index contributed by atoms with van der Waals surface area (Å²) in [6.45, 7) is 4.77. The van der Waals surface area contributed by atoms with Gasteiger partial charge in [-0.1, -0.05) is 98.8 Å². The fraction of sp³-hybridized carbons (Fsp3) is 0.231. The first-order valence-electron chi connectivity index (χ1n) is 15.1. The van der Waals surface area contributed by atoms with E-state index in [1.54, 1.807) is 12.2 Å². The van der Waals surface area contributed by atoms with Crippen LogP contribution >= 0.6 is 11.3 Å². The Morgan fingerprint density at radius 3 is 2.52 bits per heavy atom. The molecular formula is C39H34FNS. The standard InChI is InChI=1S/C39H34FNS/c1-39(2)35-12-5-3-8-31(35)32-23-22-29(24-36(32)39)41(28-20-16-26(40)17-21-28)27-18-14-25(15-19-27)30-10-7-11-34-33-9-4-6-13-37(33)42-38(30)34/h3-14,16-18,20,22-24,28,32,36H,15,19,21H2,1-2H3. The third kappa shape index (κ3) is 4.01. The molecule has 0 aliphatic heterocycles. The maximum absolute atomic E-state index is 14.1. The largest absolute Gasteiger partial charge is 0.338 e. The highest BCUT2D eigenvalue weighted by molar-refractivity contribution is 7.26. The second-order valence-electron chi connectivity index (χ2n) is 12.6. The maximum Gasteiger partial charge on any atom is 0.119 e. The summed E-state index contributed by atoms with van der Waals surface area (Å²) >= 11 is 1.90. The third-order valence-electron chi connectivity index (χ3n) is 9.89. The van der Waals surface area contributed by atoms with Crippen molar-refractivity contribution in [3.63, 3.8) is 0 Å². The van der Waals surface area contributed by atoms with Crippen molar-refractivity contribution in [2.75, 3.05) is 0 Å². The molecule has 3 heteroatoms. The van der Waals surface area contributed by atoms with E-state index in [4.69, 9.17) is 0 Å². The van der Waals surface area contributed by atoms with Crippen LogP contribution in [-0.4, -0.2) is 10.9 Å². The zero-order valence-electron chi connectivity index (χ0n) is 24.1. The number of nitrogens with zero attached hydrogens (tertiary/aromatic N) is 1. The van der Waals surface area contributed by atoms with Gasteiger partial charge in [-0.15, -0.1) is 11.3 Å². The summed E-state index contributed by atoms with van der Waals surface area (Å²) in [7, 11) is 0. The molecule has 42 heavy (non-hydrogen) atoms. The van der Waals surface area contributed by atoms with Crippen molar-refractivity contribution >= 4 is 37.1 Å². The van der Waals surface area contributed by atoms with Crippen LogP contribution in [-0.2, 0) is 5.41 Å². The van der Waals surface area contributed by atoms with Gasteiger partial charge in [-0.2, -0.15) is 0 Å². The first-order valence-corrected chi connectivity index (χ1v) is 15.9. The maximum atomic E-state index is 14.1. The van der Waals surface area contributed by atoms with E-state index in [1.165, 1.54) is 53.8 Å². The van der Waals surface area contributed by atoms with Crippen molar-refractivity contribution in [2.24, 2.45) is 5.92 Å². The van der Waals surface area contributed by atoms with E-state index in [9.17, 15) is 4.39 Å². The molecule has 0 amide bonds. The molecule has 208 valence electrons. The lowest BCUT2D eigenvalue weighted by molar-refractivity contribution is 0.333. The number of thiophene rings is 1. The van der Waals surface area contributed by atoms with Crippen LogP contribution in [0.2, 0.25) is 0 Å². The Hall–Kier alpha value is -3.95. The van der Waals surface area contributed by atoms with Crippen LogP contribution in [0.3, 0.4) is 0 Å². The van der Waals surface area contributed by atoms with E-state index >= 15 is 0 Å². The van der Waals surface area contributed by atoms with Crippen molar-refractivity contribution in [3.8, 4) is 0 Å². The van der Waals surface area contributed by atoms with Gasteiger partial charge in [0.05, 0.1) is 6.04 Å². The molecule has 0 fully saturated rings. The Kier molecular flexibility index (Phi) is 6.01. The molecule has 4 aromatic rings. The lowest BCUT2D eigenvalue weighted by Crippen LogP contribution is -2.35. The fourth-order valence-electron chi connectivity index (χ4n) is 7.73.